The van der Waals surface area contributed by atoms with Crippen molar-refractivity contribution in [3.63, 3.8) is 0 Å². The van der Waals surface area contributed by atoms with Gasteiger partial charge in [-0.2, -0.15) is 0 Å². The van der Waals surface area contributed by atoms with Gasteiger partial charge in [0.1, 0.15) is 11.6 Å². The van der Waals surface area contributed by atoms with Gasteiger partial charge >= 0.3 is 0 Å². The van der Waals surface area contributed by atoms with Crippen LogP contribution in [-0.4, -0.2) is 22.8 Å². The van der Waals surface area contributed by atoms with Crippen LogP contribution in [0.15, 0.2) is 11.6 Å². The molecule has 1 N–H and O–H groups in total. The Balaban J connectivity index is 1.75. The fourth-order valence-electron chi connectivity index (χ4n) is 6.18. The Morgan fingerprint density at radius 2 is 1.73 bits per heavy atom. The molecule has 4 aliphatic carbocycles. The van der Waals surface area contributed by atoms with E-state index in [0.29, 0.717) is 30.3 Å². The third-order valence-electron chi connectivity index (χ3n) is 7.62. The lowest BCUT2D eigenvalue weighted by Gasteiger charge is -2.56. The van der Waals surface area contributed by atoms with Gasteiger partial charge in [-0.05, 0) is 49.4 Å². The van der Waals surface area contributed by atoms with Crippen LogP contribution in [0.2, 0.25) is 0 Å². The zero-order valence-corrected chi connectivity index (χ0v) is 13.6. The van der Waals surface area contributed by atoms with E-state index in [1.165, 1.54) is 5.57 Å². The van der Waals surface area contributed by atoms with Gasteiger partial charge in [0.2, 0.25) is 0 Å². The van der Waals surface area contributed by atoms with Gasteiger partial charge in [0.05, 0.1) is 6.10 Å². The maximum atomic E-state index is 12.9. The Hall–Kier alpha value is -0.960. The smallest absolute Gasteiger partial charge is 0.140 e. The van der Waals surface area contributed by atoms with Gasteiger partial charge in [0.25, 0.3) is 0 Å². The molecule has 0 aromatic rings. The number of rotatable bonds is 0. The third-order valence-corrected chi connectivity index (χ3v) is 7.62. The molecule has 3 heteroatoms. The predicted molar refractivity (Wildman–Crippen MR) is 83.1 cm³/mol. The standard InChI is InChI=1S/C19H26O3/c1-18-7-5-12(20)9-11(18)10-15(21)17-13-3-4-16(22)19(13,2)8-6-14(17)18/h9,12-14,17,20H,3-8,10H2,1-2H3/t12?,13-,14+,17-,18-,19-/m0/s1. The molecule has 0 aliphatic heterocycles. The molecule has 6 atom stereocenters. The molecular weight excluding hydrogens is 276 g/mol. The first-order chi connectivity index (χ1) is 10.4. The highest BCUT2D eigenvalue weighted by Crippen LogP contribution is 2.63. The second-order valence-electron chi connectivity index (χ2n) is 8.52. The number of fused-ring (bicyclic) bond motifs is 5. The van der Waals surface area contributed by atoms with Crippen molar-refractivity contribution < 1.29 is 14.7 Å². The van der Waals surface area contributed by atoms with E-state index in [4.69, 9.17) is 0 Å². The number of Topliss-reactive ketones (excluding diaryl/α,β-unsaturated/α-hetero) is 2. The topological polar surface area (TPSA) is 54.4 Å². The van der Waals surface area contributed by atoms with Gasteiger partial charge in [-0.15, -0.1) is 0 Å². The summed E-state index contributed by atoms with van der Waals surface area (Å²) in [6.45, 7) is 4.41. The number of allylic oxidation sites excluding steroid dienone is 1. The van der Waals surface area contributed by atoms with Crippen LogP contribution in [0.1, 0.15) is 58.8 Å². The lowest BCUT2D eigenvalue weighted by Crippen LogP contribution is -2.54. The van der Waals surface area contributed by atoms with Crippen molar-refractivity contribution in [2.45, 2.75) is 64.9 Å². The molecule has 0 bridgehead atoms. The van der Waals surface area contributed by atoms with Crippen molar-refractivity contribution in [3.05, 3.63) is 11.6 Å². The van der Waals surface area contributed by atoms with Crippen molar-refractivity contribution in [3.8, 4) is 0 Å². The van der Waals surface area contributed by atoms with Crippen LogP contribution < -0.4 is 0 Å². The summed E-state index contributed by atoms with van der Waals surface area (Å²) in [4.78, 5) is 25.3. The minimum atomic E-state index is -0.380. The van der Waals surface area contributed by atoms with Crippen molar-refractivity contribution in [2.75, 3.05) is 0 Å². The molecule has 0 spiro atoms. The minimum absolute atomic E-state index is 0.0603. The lowest BCUT2D eigenvalue weighted by atomic mass is 9.47. The maximum absolute atomic E-state index is 12.9. The third kappa shape index (κ3) is 1.72. The first-order valence-electron chi connectivity index (χ1n) is 8.81. The largest absolute Gasteiger partial charge is 0.389 e. The van der Waals surface area contributed by atoms with Crippen LogP contribution in [-0.2, 0) is 9.59 Å². The summed E-state index contributed by atoms with van der Waals surface area (Å²) >= 11 is 0. The molecule has 0 aromatic carbocycles. The predicted octanol–water partition coefficient (Wildman–Crippen LogP) is 3.06. The van der Waals surface area contributed by atoms with E-state index in [9.17, 15) is 14.7 Å². The molecule has 0 saturated heterocycles. The highest BCUT2D eigenvalue weighted by atomic mass is 16.3. The highest BCUT2D eigenvalue weighted by molar-refractivity contribution is 5.91. The Morgan fingerprint density at radius 3 is 2.50 bits per heavy atom. The summed E-state index contributed by atoms with van der Waals surface area (Å²) < 4.78 is 0. The Kier molecular flexibility index (Phi) is 3.01. The summed E-state index contributed by atoms with van der Waals surface area (Å²) in [6.07, 6.45) is 7.34. The normalized spacial score (nSPS) is 51.0. The van der Waals surface area contributed by atoms with E-state index in [2.05, 4.69) is 13.8 Å². The second-order valence-corrected chi connectivity index (χ2v) is 8.52. The molecule has 4 aliphatic rings. The number of hydrogen-bond donors (Lipinski definition) is 1. The minimum Gasteiger partial charge on any atom is -0.389 e. The summed E-state index contributed by atoms with van der Waals surface area (Å²) in [6, 6.07) is 0. The summed E-state index contributed by atoms with van der Waals surface area (Å²) in [5.74, 6) is 1.42. The van der Waals surface area contributed by atoms with Gasteiger partial charge in [0, 0.05) is 24.2 Å². The van der Waals surface area contributed by atoms with E-state index < -0.39 is 0 Å². The van der Waals surface area contributed by atoms with E-state index in [1.54, 1.807) is 0 Å². The SMILES string of the molecule is C[C@]12CCC(O)C=C1CC(=O)[C@@H]1[C@H]2CC[C@]2(C)C(=O)CC[C@@H]12. The molecule has 3 fully saturated rings. The van der Waals surface area contributed by atoms with Gasteiger partial charge in [-0.3, -0.25) is 9.59 Å². The summed E-state index contributed by atoms with van der Waals surface area (Å²) in [5, 5.41) is 9.94. The number of ketones is 2. The van der Waals surface area contributed by atoms with Gasteiger partial charge in [-0.25, -0.2) is 0 Å². The molecular formula is C19H26O3. The molecule has 0 heterocycles. The van der Waals surface area contributed by atoms with E-state index in [-0.39, 0.29) is 28.8 Å². The second kappa shape index (κ2) is 4.53. The van der Waals surface area contributed by atoms with Crippen LogP contribution in [0.5, 0.6) is 0 Å². The number of aliphatic hydroxyl groups is 1. The van der Waals surface area contributed by atoms with Crippen molar-refractivity contribution in [1.82, 2.24) is 0 Å². The zero-order valence-electron chi connectivity index (χ0n) is 13.6. The number of carbonyl (C=O) groups is 2. The monoisotopic (exact) mass is 302 g/mol. The van der Waals surface area contributed by atoms with Crippen LogP contribution in [0.25, 0.3) is 0 Å². The Morgan fingerprint density at radius 1 is 1.05 bits per heavy atom. The van der Waals surface area contributed by atoms with Crippen molar-refractivity contribution >= 4 is 11.6 Å². The van der Waals surface area contributed by atoms with E-state index in [0.717, 1.165) is 32.1 Å². The molecule has 3 saturated carbocycles. The fraction of sp³-hybridized carbons (Fsp3) is 0.789. The van der Waals surface area contributed by atoms with Crippen LogP contribution >= 0.6 is 0 Å². The Labute approximate surface area is 132 Å². The highest BCUT2D eigenvalue weighted by Gasteiger charge is 2.61. The fourth-order valence-corrected chi connectivity index (χ4v) is 6.18. The zero-order chi connectivity index (χ0) is 15.7. The van der Waals surface area contributed by atoms with Gasteiger partial charge in [-0.1, -0.05) is 25.5 Å². The summed E-state index contributed by atoms with van der Waals surface area (Å²) in [5.41, 5.74) is 0.985. The first-order valence-corrected chi connectivity index (χ1v) is 8.81. The average Bonchev–Trinajstić information content (AvgIpc) is 2.77. The molecule has 1 unspecified atom stereocenters. The molecule has 22 heavy (non-hydrogen) atoms. The van der Waals surface area contributed by atoms with Crippen LogP contribution in [0.4, 0.5) is 0 Å². The lowest BCUT2D eigenvalue weighted by molar-refractivity contribution is -0.143. The number of hydrogen-bond acceptors (Lipinski definition) is 3. The average molecular weight is 302 g/mol. The maximum Gasteiger partial charge on any atom is 0.140 e. The number of aliphatic hydroxyl groups excluding tert-OH is 1. The molecule has 3 nitrogen and oxygen atoms in total. The quantitative estimate of drug-likeness (QED) is 0.700. The van der Waals surface area contributed by atoms with Gasteiger partial charge in [0.15, 0.2) is 0 Å². The molecule has 0 amide bonds. The van der Waals surface area contributed by atoms with Crippen molar-refractivity contribution in [2.24, 2.45) is 28.6 Å². The molecule has 0 aromatic heterocycles. The van der Waals surface area contributed by atoms with Crippen LogP contribution in [0, 0.1) is 28.6 Å². The molecule has 4 rings (SSSR count). The summed E-state index contributed by atoms with van der Waals surface area (Å²) in [7, 11) is 0. The van der Waals surface area contributed by atoms with Gasteiger partial charge < -0.3 is 5.11 Å². The van der Waals surface area contributed by atoms with Crippen LogP contribution in [0.3, 0.4) is 0 Å². The first kappa shape index (κ1) is 14.6. The number of carbonyl (C=O) groups excluding carboxylic acids is 2. The van der Waals surface area contributed by atoms with Crippen molar-refractivity contribution in [1.29, 1.82) is 0 Å². The van der Waals surface area contributed by atoms with E-state index in [1.807, 2.05) is 6.08 Å². The van der Waals surface area contributed by atoms with E-state index >= 15 is 0 Å². The molecule has 120 valence electrons. The molecule has 0 radical (unpaired) electrons. The Bertz CT molecular complexity index is 577.